The van der Waals surface area contributed by atoms with E-state index in [1.807, 2.05) is 24.3 Å². The van der Waals surface area contributed by atoms with Crippen molar-refractivity contribution >= 4 is 11.4 Å². The van der Waals surface area contributed by atoms with Crippen molar-refractivity contribution in [2.24, 2.45) is 0 Å². The number of nitrogens with zero attached hydrogens (tertiary/aromatic N) is 10. The fourth-order valence-electron chi connectivity index (χ4n) is 2.37. The summed E-state index contributed by atoms with van der Waals surface area (Å²) >= 11 is 0. The first kappa shape index (κ1) is 24.8. The molecular weight excluding hydrogens is 456 g/mol. The van der Waals surface area contributed by atoms with E-state index >= 15 is 0 Å². The number of nitrogen functional groups attached to an aromatic ring is 2. The Kier molecular flexibility index (Phi) is 8.93. The highest BCUT2D eigenvalue weighted by molar-refractivity contribution is 5.52. The molecule has 0 radical (unpaired) electrons. The molecule has 0 aliphatic carbocycles. The lowest BCUT2D eigenvalue weighted by Gasteiger charge is -1.99. The zero-order valence-electron chi connectivity index (χ0n) is 18.7. The third-order valence-corrected chi connectivity index (χ3v) is 4.07. The van der Waals surface area contributed by atoms with Gasteiger partial charge >= 0.3 is 0 Å². The number of hydrogen-bond acceptors (Lipinski definition) is 12. The van der Waals surface area contributed by atoms with Crippen LogP contribution < -0.4 is 11.5 Å². The number of nitrogens with two attached hydrogens (primary N) is 2. The minimum Gasteiger partial charge on any atom is -0.397 e. The van der Waals surface area contributed by atoms with Gasteiger partial charge in [0, 0.05) is 12.4 Å². The lowest BCUT2D eigenvalue weighted by Crippen LogP contribution is -2.01. The van der Waals surface area contributed by atoms with Crippen molar-refractivity contribution in [2.75, 3.05) is 11.5 Å². The average Bonchev–Trinajstić information content (AvgIpc) is 2.96. The van der Waals surface area contributed by atoms with Crippen LogP contribution in [0.2, 0.25) is 0 Å². The zero-order chi connectivity index (χ0) is 25.6. The van der Waals surface area contributed by atoms with Crippen LogP contribution in [0.1, 0.15) is 11.4 Å². The molecule has 0 aliphatic heterocycles. The van der Waals surface area contributed by atoms with Gasteiger partial charge in [0.15, 0.2) is 0 Å². The number of pyridine rings is 4. The van der Waals surface area contributed by atoms with E-state index in [2.05, 4.69) is 40.3 Å². The van der Waals surface area contributed by atoms with Gasteiger partial charge in [-0.15, -0.1) is 20.4 Å². The van der Waals surface area contributed by atoms with Gasteiger partial charge in [-0.1, -0.05) is 12.1 Å². The van der Waals surface area contributed by atoms with Gasteiger partial charge in [0.25, 0.3) is 0 Å². The molecule has 4 N–H and O–H groups in total. The predicted octanol–water partition coefficient (Wildman–Crippen LogP) is 2.46. The molecule has 0 spiro atoms. The summed E-state index contributed by atoms with van der Waals surface area (Å²) in [7, 11) is 0. The molecule has 5 heterocycles. The second-order valence-corrected chi connectivity index (χ2v) is 6.65. The maximum atomic E-state index is 8.28. The van der Waals surface area contributed by atoms with Gasteiger partial charge in [-0.05, 0) is 48.5 Å². The first-order valence-electron chi connectivity index (χ1n) is 10.2. The number of hydrogen-bond donors (Lipinski definition) is 2. The normalized spacial score (nSPS) is 9.28. The van der Waals surface area contributed by atoms with Crippen LogP contribution in [-0.4, -0.2) is 40.3 Å². The van der Waals surface area contributed by atoms with E-state index in [1.165, 1.54) is 12.4 Å². The molecule has 0 saturated carbocycles. The fraction of sp³-hybridized carbons (Fsp3) is 0. The van der Waals surface area contributed by atoms with Gasteiger partial charge < -0.3 is 11.5 Å². The van der Waals surface area contributed by atoms with E-state index in [0.29, 0.717) is 45.8 Å². The van der Waals surface area contributed by atoms with Crippen LogP contribution in [0.5, 0.6) is 0 Å². The van der Waals surface area contributed by atoms with Crippen molar-refractivity contribution in [3.05, 3.63) is 96.8 Å². The highest BCUT2D eigenvalue weighted by atomic mass is 15.3. The molecule has 0 saturated heterocycles. The van der Waals surface area contributed by atoms with Crippen LogP contribution in [0.4, 0.5) is 11.4 Å². The van der Waals surface area contributed by atoms with E-state index in [4.69, 9.17) is 22.0 Å². The van der Waals surface area contributed by atoms with Crippen molar-refractivity contribution in [1.82, 2.24) is 40.3 Å². The summed E-state index contributed by atoms with van der Waals surface area (Å²) in [4.78, 5) is 15.7. The lowest BCUT2D eigenvalue weighted by atomic mass is 10.3. The Hall–Kier alpha value is -5.88. The molecule has 0 amide bonds. The predicted molar refractivity (Wildman–Crippen MR) is 131 cm³/mol. The molecule has 36 heavy (non-hydrogen) atoms. The molecule has 174 valence electrons. The maximum absolute atomic E-state index is 8.28. The van der Waals surface area contributed by atoms with Gasteiger partial charge in [-0.25, -0.2) is 9.97 Å². The Morgan fingerprint density at radius 3 is 1.47 bits per heavy atom. The molecule has 5 aromatic rings. The number of aromatic nitrogens is 8. The highest BCUT2D eigenvalue weighted by Crippen LogP contribution is 2.13. The summed E-state index contributed by atoms with van der Waals surface area (Å²) in [5.74, 6) is 0.722. The second kappa shape index (κ2) is 13.0. The Morgan fingerprint density at radius 1 is 0.528 bits per heavy atom. The van der Waals surface area contributed by atoms with Crippen LogP contribution in [0.25, 0.3) is 23.0 Å². The lowest BCUT2D eigenvalue weighted by molar-refractivity contribution is 0.865. The van der Waals surface area contributed by atoms with Gasteiger partial charge in [0.05, 0.1) is 23.8 Å². The Morgan fingerprint density at radius 2 is 1.06 bits per heavy atom. The minimum atomic E-state index is 0.347. The van der Waals surface area contributed by atoms with Gasteiger partial charge in [0.1, 0.15) is 34.9 Å². The number of anilines is 2. The van der Waals surface area contributed by atoms with Crippen molar-refractivity contribution in [3.63, 3.8) is 0 Å². The van der Waals surface area contributed by atoms with Crippen LogP contribution >= 0.6 is 0 Å². The van der Waals surface area contributed by atoms with Crippen LogP contribution in [0, 0.1) is 22.7 Å². The van der Waals surface area contributed by atoms with E-state index in [9.17, 15) is 0 Å². The molecule has 12 nitrogen and oxygen atoms in total. The summed E-state index contributed by atoms with van der Waals surface area (Å²) in [6.07, 6.45) is 6.25. The van der Waals surface area contributed by atoms with E-state index in [1.54, 1.807) is 60.9 Å². The molecule has 5 rings (SSSR count). The van der Waals surface area contributed by atoms with Gasteiger partial charge in [0.2, 0.25) is 11.6 Å². The maximum Gasteiger partial charge on any atom is 0.221 e. The number of rotatable bonds is 2. The zero-order valence-corrected chi connectivity index (χ0v) is 18.7. The molecule has 0 atom stereocenters. The summed E-state index contributed by atoms with van der Waals surface area (Å²) in [6, 6.07) is 21.1. The first-order valence-corrected chi connectivity index (χ1v) is 10.2. The first-order chi connectivity index (χ1) is 17.6. The minimum absolute atomic E-state index is 0.347. The Labute approximate surface area is 206 Å². The van der Waals surface area contributed by atoms with Crippen molar-refractivity contribution < 1.29 is 0 Å². The van der Waals surface area contributed by atoms with Crippen LogP contribution in [0.3, 0.4) is 0 Å². The molecule has 0 bridgehead atoms. The monoisotopic (exact) mass is 474 g/mol. The van der Waals surface area contributed by atoms with E-state index < -0.39 is 0 Å². The third kappa shape index (κ3) is 7.61. The Balaban J connectivity index is 0.000000176. The van der Waals surface area contributed by atoms with Crippen molar-refractivity contribution in [3.8, 4) is 35.2 Å². The highest BCUT2D eigenvalue weighted by Gasteiger charge is 2.07. The van der Waals surface area contributed by atoms with E-state index in [-0.39, 0.29) is 0 Å². The SMILES string of the molecule is N#Cc1ccc(N)cn1.N#Cc1ccccn1.Nc1ccc(-c2nnc(-c3ccccn3)nn2)nc1. The van der Waals surface area contributed by atoms with Gasteiger partial charge in [-0.2, -0.15) is 10.5 Å². The number of nitriles is 2. The molecule has 0 aromatic carbocycles. The molecule has 0 unspecified atom stereocenters. The second-order valence-electron chi connectivity index (χ2n) is 6.65. The molecule has 0 fully saturated rings. The smallest absolute Gasteiger partial charge is 0.221 e. The van der Waals surface area contributed by atoms with Crippen molar-refractivity contribution in [2.45, 2.75) is 0 Å². The van der Waals surface area contributed by atoms with Crippen molar-refractivity contribution in [1.29, 1.82) is 10.5 Å². The molecule has 0 aliphatic rings. The van der Waals surface area contributed by atoms with Crippen LogP contribution in [-0.2, 0) is 0 Å². The fourth-order valence-corrected chi connectivity index (χ4v) is 2.37. The summed E-state index contributed by atoms with van der Waals surface area (Å²) < 4.78 is 0. The molecule has 5 aromatic heterocycles. The van der Waals surface area contributed by atoms with Crippen LogP contribution in [0.15, 0.2) is 85.5 Å². The summed E-state index contributed by atoms with van der Waals surface area (Å²) in [5, 5.41) is 32.5. The molecule has 12 heteroatoms. The molecular formula is C24H18N12. The third-order valence-electron chi connectivity index (χ3n) is 4.07. The van der Waals surface area contributed by atoms with Gasteiger partial charge in [-0.3, -0.25) is 9.97 Å². The Bertz CT molecular complexity index is 1430. The topological polar surface area (TPSA) is 203 Å². The summed E-state index contributed by atoms with van der Waals surface area (Å²) in [6.45, 7) is 0. The summed E-state index contributed by atoms with van der Waals surface area (Å²) in [5.41, 5.74) is 14.1. The standard InChI is InChI=1S/C12H9N7.C6H5N3.C6H4N2/c13-8-4-5-10(15-7-8)12-18-16-11(17-19-12)9-3-1-2-6-14-9;7-3-6-2-1-5(8)4-9-6;7-5-6-3-1-2-4-8-6/h1-7H,13H2;1-2,4H,8H2;1-4H. The van der Waals surface area contributed by atoms with E-state index in [0.717, 1.165) is 0 Å². The largest absolute Gasteiger partial charge is 0.397 e. The average molecular weight is 474 g/mol. The quantitative estimate of drug-likeness (QED) is 0.378.